The van der Waals surface area contributed by atoms with Gasteiger partial charge in [-0.1, -0.05) is 52.7 Å². The van der Waals surface area contributed by atoms with Gasteiger partial charge in [0.2, 0.25) is 21.8 Å². The number of carbonyl (C=O) groups is 2. The third kappa shape index (κ3) is 8.35. The number of halogens is 1. The van der Waals surface area contributed by atoms with E-state index in [2.05, 4.69) is 21.2 Å². The number of aryl methyl sites for hydroxylation is 2. The molecule has 0 radical (unpaired) electrons. The molecule has 0 saturated carbocycles. The van der Waals surface area contributed by atoms with E-state index in [9.17, 15) is 18.0 Å². The predicted octanol–water partition coefficient (Wildman–Crippen LogP) is 4.55. The van der Waals surface area contributed by atoms with Crippen LogP contribution in [0, 0.1) is 13.8 Å². The van der Waals surface area contributed by atoms with Crippen molar-refractivity contribution in [3.63, 3.8) is 0 Å². The van der Waals surface area contributed by atoms with E-state index >= 15 is 0 Å². The highest BCUT2D eigenvalue weighted by Crippen LogP contribution is 2.25. The Hall–Kier alpha value is -2.39. The molecule has 2 rings (SSSR count). The fraction of sp³-hybridized carbons (Fsp3) is 0.462. The van der Waals surface area contributed by atoms with Crippen LogP contribution in [-0.4, -0.2) is 49.5 Å². The molecule has 2 amide bonds. The summed E-state index contributed by atoms with van der Waals surface area (Å²) in [4.78, 5) is 28.4. The molecule has 0 unspecified atom stereocenters. The fourth-order valence-corrected chi connectivity index (χ4v) is 4.87. The Balaban J connectivity index is 2.48. The molecule has 0 saturated heterocycles. The van der Waals surface area contributed by atoms with Crippen LogP contribution < -0.4 is 9.62 Å². The molecule has 0 aliphatic heterocycles. The van der Waals surface area contributed by atoms with Gasteiger partial charge < -0.3 is 10.2 Å². The SMILES string of the molecule is CC[C@@H](C(=O)NC(C)(C)C)N(Cc1cccc(C)c1)C(=O)CN(c1ccc(Br)c(C)c1)S(C)(=O)=O. The lowest BCUT2D eigenvalue weighted by molar-refractivity contribution is -0.141. The van der Waals surface area contributed by atoms with Crippen molar-refractivity contribution in [3.05, 3.63) is 63.6 Å². The second kappa shape index (κ2) is 11.6. The summed E-state index contributed by atoms with van der Waals surface area (Å²) < 4.78 is 27.4. The normalized spacial score (nSPS) is 12.7. The first-order valence-corrected chi connectivity index (χ1v) is 14.2. The lowest BCUT2D eigenvalue weighted by Crippen LogP contribution is -2.55. The highest BCUT2D eigenvalue weighted by atomic mass is 79.9. The smallest absolute Gasteiger partial charge is 0.244 e. The van der Waals surface area contributed by atoms with E-state index in [1.165, 1.54) is 4.90 Å². The van der Waals surface area contributed by atoms with Crippen molar-refractivity contribution in [1.29, 1.82) is 0 Å². The summed E-state index contributed by atoms with van der Waals surface area (Å²) in [6.45, 7) is 11.1. The molecule has 35 heavy (non-hydrogen) atoms. The van der Waals surface area contributed by atoms with Crippen LogP contribution in [0.15, 0.2) is 46.9 Å². The molecular formula is C26H36BrN3O4S. The molecule has 9 heteroatoms. The zero-order valence-corrected chi connectivity index (χ0v) is 24.0. The zero-order valence-electron chi connectivity index (χ0n) is 21.6. The van der Waals surface area contributed by atoms with Crippen molar-refractivity contribution in [2.75, 3.05) is 17.1 Å². The monoisotopic (exact) mass is 565 g/mol. The number of nitrogens with one attached hydrogen (secondary N) is 1. The maximum absolute atomic E-state index is 13.7. The minimum atomic E-state index is -3.77. The second-order valence-corrected chi connectivity index (χ2v) is 12.6. The Morgan fingerprint density at radius 1 is 1.09 bits per heavy atom. The topological polar surface area (TPSA) is 86.8 Å². The molecule has 0 fully saturated rings. The van der Waals surface area contributed by atoms with Crippen LogP contribution in [0.25, 0.3) is 0 Å². The average Bonchev–Trinajstić information content (AvgIpc) is 2.71. The Kier molecular flexibility index (Phi) is 9.53. The lowest BCUT2D eigenvalue weighted by atomic mass is 10.0. The van der Waals surface area contributed by atoms with Crippen LogP contribution in [0.2, 0.25) is 0 Å². The van der Waals surface area contributed by atoms with Crippen LogP contribution in [0.3, 0.4) is 0 Å². The Bertz CT molecular complexity index is 1180. The van der Waals surface area contributed by atoms with Crippen LogP contribution in [0.4, 0.5) is 5.69 Å². The van der Waals surface area contributed by atoms with E-state index in [-0.39, 0.29) is 12.5 Å². The summed E-state index contributed by atoms with van der Waals surface area (Å²) in [5.74, 6) is -0.722. The van der Waals surface area contributed by atoms with Gasteiger partial charge in [-0.05, 0) is 70.4 Å². The minimum Gasteiger partial charge on any atom is -0.350 e. The van der Waals surface area contributed by atoms with Crippen molar-refractivity contribution in [3.8, 4) is 0 Å². The van der Waals surface area contributed by atoms with Crippen molar-refractivity contribution in [2.24, 2.45) is 0 Å². The number of hydrogen-bond acceptors (Lipinski definition) is 4. The molecule has 0 bridgehead atoms. The fourth-order valence-electron chi connectivity index (χ4n) is 3.78. The van der Waals surface area contributed by atoms with Crippen molar-refractivity contribution < 1.29 is 18.0 Å². The van der Waals surface area contributed by atoms with Crippen LogP contribution in [0.5, 0.6) is 0 Å². The third-order valence-corrected chi connectivity index (χ3v) is 7.46. The van der Waals surface area contributed by atoms with E-state index in [0.29, 0.717) is 12.1 Å². The predicted molar refractivity (Wildman–Crippen MR) is 145 cm³/mol. The Morgan fingerprint density at radius 3 is 2.26 bits per heavy atom. The maximum atomic E-state index is 13.7. The van der Waals surface area contributed by atoms with Gasteiger partial charge in [0.25, 0.3) is 0 Å². The summed E-state index contributed by atoms with van der Waals surface area (Å²) >= 11 is 3.43. The number of rotatable bonds is 9. The Labute approximate surface area is 218 Å². The van der Waals surface area contributed by atoms with Gasteiger partial charge in [0.05, 0.1) is 11.9 Å². The molecule has 1 N–H and O–H groups in total. The largest absolute Gasteiger partial charge is 0.350 e. The molecule has 192 valence electrons. The molecule has 1 atom stereocenters. The van der Waals surface area contributed by atoms with Crippen LogP contribution in [0.1, 0.15) is 50.8 Å². The highest BCUT2D eigenvalue weighted by Gasteiger charge is 2.33. The first-order valence-electron chi connectivity index (χ1n) is 11.5. The van der Waals surface area contributed by atoms with E-state index in [1.807, 2.05) is 65.8 Å². The van der Waals surface area contributed by atoms with Crippen molar-refractivity contribution in [2.45, 2.75) is 66.1 Å². The quantitative estimate of drug-likeness (QED) is 0.483. The number of nitrogens with zero attached hydrogens (tertiary/aromatic N) is 2. The minimum absolute atomic E-state index is 0.188. The molecular weight excluding hydrogens is 530 g/mol. The van der Waals surface area contributed by atoms with Crippen LogP contribution >= 0.6 is 15.9 Å². The van der Waals surface area contributed by atoms with Crippen molar-refractivity contribution >= 4 is 43.5 Å². The number of carbonyl (C=O) groups excluding carboxylic acids is 2. The van der Waals surface area contributed by atoms with E-state index in [0.717, 1.165) is 31.7 Å². The summed E-state index contributed by atoms with van der Waals surface area (Å²) in [5.41, 5.74) is 2.66. The lowest BCUT2D eigenvalue weighted by Gasteiger charge is -2.34. The molecule has 7 nitrogen and oxygen atoms in total. The number of amides is 2. The van der Waals surface area contributed by atoms with Gasteiger partial charge in [-0.15, -0.1) is 0 Å². The van der Waals surface area contributed by atoms with Gasteiger partial charge in [-0.3, -0.25) is 13.9 Å². The average molecular weight is 567 g/mol. The van der Waals surface area contributed by atoms with Gasteiger partial charge in [0, 0.05) is 16.6 Å². The molecule has 2 aromatic rings. The molecule has 2 aromatic carbocycles. The Morgan fingerprint density at radius 2 is 1.74 bits per heavy atom. The van der Waals surface area contributed by atoms with E-state index in [4.69, 9.17) is 0 Å². The summed E-state index contributed by atoms with van der Waals surface area (Å²) in [7, 11) is -3.77. The summed E-state index contributed by atoms with van der Waals surface area (Å²) in [6.07, 6.45) is 1.46. The van der Waals surface area contributed by atoms with Gasteiger partial charge in [0.15, 0.2) is 0 Å². The molecule has 0 aliphatic rings. The number of anilines is 1. The maximum Gasteiger partial charge on any atom is 0.244 e. The standard InChI is InChI=1S/C26H36BrN3O4S/c1-8-23(25(32)28-26(4,5)6)29(16-20-11-9-10-18(2)14-20)24(31)17-30(35(7,33)34)21-12-13-22(27)19(3)15-21/h9-15,23H,8,16-17H2,1-7H3,(H,28,32)/t23-/m0/s1. The molecule has 0 spiro atoms. The third-order valence-electron chi connectivity index (χ3n) is 5.43. The highest BCUT2D eigenvalue weighted by molar-refractivity contribution is 9.10. The number of benzene rings is 2. The summed E-state index contributed by atoms with van der Waals surface area (Å²) in [6, 6.07) is 12.1. The summed E-state index contributed by atoms with van der Waals surface area (Å²) in [5, 5.41) is 2.96. The molecule has 0 aromatic heterocycles. The van der Waals surface area contributed by atoms with Gasteiger partial charge in [-0.25, -0.2) is 8.42 Å². The van der Waals surface area contributed by atoms with Crippen molar-refractivity contribution in [1.82, 2.24) is 10.2 Å². The van der Waals surface area contributed by atoms with E-state index in [1.54, 1.807) is 18.2 Å². The molecule has 0 heterocycles. The van der Waals surface area contributed by atoms with E-state index < -0.39 is 34.1 Å². The first-order chi connectivity index (χ1) is 16.1. The van der Waals surface area contributed by atoms with Gasteiger partial charge in [-0.2, -0.15) is 0 Å². The first kappa shape index (κ1) is 28.8. The zero-order chi connectivity index (χ0) is 26.6. The second-order valence-electron chi connectivity index (χ2n) is 9.88. The number of hydrogen-bond donors (Lipinski definition) is 1. The van der Waals surface area contributed by atoms with Gasteiger partial charge >= 0.3 is 0 Å². The van der Waals surface area contributed by atoms with Gasteiger partial charge in [0.1, 0.15) is 12.6 Å². The number of sulfonamides is 1. The molecule has 0 aliphatic carbocycles. The van der Waals surface area contributed by atoms with Crippen LogP contribution in [-0.2, 0) is 26.2 Å².